The van der Waals surface area contributed by atoms with E-state index in [2.05, 4.69) is 50.4 Å². The van der Waals surface area contributed by atoms with Crippen LogP contribution in [0.15, 0.2) is 24.3 Å². The SMILES string of the molecule is CCC(N[C@@H](C)C1CCCCCC1)c1ccc(C)cc1. The fraction of sp³-hybridized carbons (Fsp3) is 0.684. The molecule has 1 aromatic carbocycles. The monoisotopic (exact) mass is 273 g/mol. The van der Waals surface area contributed by atoms with E-state index in [0.29, 0.717) is 12.1 Å². The molecule has 1 N–H and O–H groups in total. The lowest BCUT2D eigenvalue weighted by atomic mass is 9.91. The molecule has 0 radical (unpaired) electrons. The van der Waals surface area contributed by atoms with E-state index in [4.69, 9.17) is 0 Å². The van der Waals surface area contributed by atoms with Crippen molar-refractivity contribution >= 4 is 0 Å². The maximum absolute atomic E-state index is 3.90. The van der Waals surface area contributed by atoms with Crippen molar-refractivity contribution in [2.24, 2.45) is 5.92 Å². The molecule has 1 aliphatic carbocycles. The fourth-order valence-corrected chi connectivity index (χ4v) is 3.51. The summed E-state index contributed by atoms with van der Waals surface area (Å²) in [5.41, 5.74) is 2.79. The average Bonchev–Trinajstić information content (AvgIpc) is 2.75. The predicted octanol–water partition coefficient (Wildman–Crippen LogP) is 5.39. The molecule has 2 rings (SSSR count). The molecule has 0 bridgehead atoms. The van der Waals surface area contributed by atoms with Crippen LogP contribution < -0.4 is 5.32 Å². The molecule has 1 heteroatoms. The first kappa shape index (κ1) is 15.6. The third-order valence-electron chi connectivity index (χ3n) is 4.96. The maximum Gasteiger partial charge on any atom is 0.0320 e. The van der Waals surface area contributed by atoms with E-state index < -0.39 is 0 Å². The van der Waals surface area contributed by atoms with Crippen molar-refractivity contribution in [3.63, 3.8) is 0 Å². The first-order valence-electron chi connectivity index (χ1n) is 8.53. The second-order valence-electron chi connectivity index (χ2n) is 6.58. The van der Waals surface area contributed by atoms with Crippen molar-refractivity contribution < 1.29 is 0 Å². The standard InChI is InChI=1S/C19H31N/c1-4-19(18-13-11-15(2)12-14-18)20-16(3)17-9-7-5-6-8-10-17/h11-14,16-17,19-20H,4-10H2,1-3H3/t16-,19?/m0/s1. The molecule has 1 aliphatic rings. The molecule has 20 heavy (non-hydrogen) atoms. The highest BCUT2D eigenvalue weighted by Gasteiger charge is 2.21. The molecule has 1 saturated carbocycles. The third kappa shape index (κ3) is 4.34. The van der Waals surface area contributed by atoms with Gasteiger partial charge in [-0.25, -0.2) is 0 Å². The van der Waals surface area contributed by atoms with E-state index in [1.807, 2.05) is 0 Å². The number of aryl methyl sites for hydroxylation is 1. The number of benzene rings is 1. The molecule has 0 amide bonds. The lowest BCUT2D eigenvalue weighted by Crippen LogP contribution is -2.36. The third-order valence-corrected chi connectivity index (χ3v) is 4.96. The van der Waals surface area contributed by atoms with Gasteiger partial charge >= 0.3 is 0 Å². The van der Waals surface area contributed by atoms with Crippen LogP contribution in [0, 0.1) is 12.8 Å². The van der Waals surface area contributed by atoms with Crippen LogP contribution in [0.4, 0.5) is 0 Å². The number of hydrogen-bond donors (Lipinski definition) is 1. The summed E-state index contributed by atoms with van der Waals surface area (Å²) < 4.78 is 0. The lowest BCUT2D eigenvalue weighted by Gasteiger charge is -2.29. The minimum Gasteiger partial charge on any atom is -0.307 e. The molecule has 1 nitrogen and oxygen atoms in total. The van der Waals surface area contributed by atoms with Crippen molar-refractivity contribution in [3.05, 3.63) is 35.4 Å². The Kier molecular flexibility index (Phi) is 6.09. The Hall–Kier alpha value is -0.820. The van der Waals surface area contributed by atoms with Crippen LogP contribution in [0.3, 0.4) is 0 Å². The summed E-state index contributed by atoms with van der Waals surface area (Å²) in [6.45, 7) is 6.84. The molecule has 0 heterocycles. The molecule has 1 unspecified atom stereocenters. The summed E-state index contributed by atoms with van der Waals surface area (Å²) in [5.74, 6) is 0.872. The Labute approximate surface area is 125 Å². The van der Waals surface area contributed by atoms with Gasteiger partial charge in [-0.2, -0.15) is 0 Å². The average molecular weight is 273 g/mol. The normalized spacial score (nSPS) is 20.4. The van der Waals surface area contributed by atoms with E-state index in [1.54, 1.807) is 0 Å². The zero-order valence-electron chi connectivity index (χ0n) is 13.5. The number of nitrogens with one attached hydrogen (secondary N) is 1. The molecular formula is C19H31N. The Morgan fingerprint density at radius 2 is 1.65 bits per heavy atom. The van der Waals surface area contributed by atoms with E-state index in [9.17, 15) is 0 Å². The fourth-order valence-electron chi connectivity index (χ4n) is 3.51. The highest BCUT2D eigenvalue weighted by Crippen LogP contribution is 2.27. The smallest absolute Gasteiger partial charge is 0.0320 e. The Morgan fingerprint density at radius 3 is 2.20 bits per heavy atom. The highest BCUT2D eigenvalue weighted by atomic mass is 14.9. The van der Waals surface area contributed by atoms with Gasteiger partial charge in [-0.3, -0.25) is 0 Å². The van der Waals surface area contributed by atoms with Gasteiger partial charge in [0, 0.05) is 12.1 Å². The van der Waals surface area contributed by atoms with Gasteiger partial charge in [0.2, 0.25) is 0 Å². The zero-order chi connectivity index (χ0) is 14.4. The Balaban J connectivity index is 1.96. The van der Waals surface area contributed by atoms with Gasteiger partial charge in [0.25, 0.3) is 0 Å². The summed E-state index contributed by atoms with van der Waals surface area (Å²) in [7, 11) is 0. The van der Waals surface area contributed by atoms with Crippen molar-refractivity contribution in [1.29, 1.82) is 0 Å². The van der Waals surface area contributed by atoms with Crippen LogP contribution in [0.2, 0.25) is 0 Å². The summed E-state index contributed by atoms with van der Waals surface area (Å²) in [5, 5.41) is 3.90. The first-order chi connectivity index (χ1) is 9.70. The van der Waals surface area contributed by atoms with Gasteiger partial charge < -0.3 is 5.32 Å². The van der Waals surface area contributed by atoms with Gasteiger partial charge in [0.05, 0.1) is 0 Å². The molecule has 0 aromatic heterocycles. The second-order valence-corrected chi connectivity index (χ2v) is 6.58. The van der Waals surface area contributed by atoms with Crippen LogP contribution in [-0.4, -0.2) is 6.04 Å². The molecule has 2 atom stereocenters. The van der Waals surface area contributed by atoms with Crippen molar-refractivity contribution in [2.75, 3.05) is 0 Å². The molecule has 0 spiro atoms. The van der Waals surface area contributed by atoms with Gasteiger partial charge in [-0.15, -0.1) is 0 Å². The van der Waals surface area contributed by atoms with Crippen molar-refractivity contribution in [1.82, 2.24) is 5.32 Å². The van der Waals surface area contributed by atoms with E-state index in [1.165, 1.54) is 56.1 Å². The summed E-state index contributed by atoms with van der Waals surface area (Å²) >= 11 is 0. The quantitative estimate of drug-likeness (QED) is 0.709. The molecule has 1 aromatic rings. The van der Waals surface area contributed by atoms with Gasteiger partial charge in [0.15, 0.2) is 0 Å². The van der Waals surface area contributed by atoms with E-state index in [-0.39, 0.29) is 0 Å². The summed E-state index contributed by atoms with van der Waals surface area (Å²) in [6.07, 6.45) is 9.74. The van der Waals surface area contributed by atoms with Crippen LogP contribution in [-0.2, 0) is 0 Å². The second kappa shape index (κ2) is 7.83. The van der Waals surface area contributed by atoms with Crippen LogP contribution >= 0.6 is 0 Å². The molecule has 112 valence electrons. The topological polar surface area (TPSA) is 12.0 Å². The Morgan fingerprint density at radius 1 is 1.05 bits per heavy atom. The van der Waals surface area contributed by atoms with Gasteiger partial charge in [0.1, 0.15) is 0 Å². The number of hydrogen-bond acceptors (Lipinski definition) is 1. The molecule has 0 aliphatic heterocycles. The van der Waals surface area contributed by atoms with Crippen LogP contribution in [0.25, 0.3) is 0 Å². The summed E-state index contributed by atoms with van der Waals surface area (Å²) in [4.78, 5) is 0. The van der Waals surface area contributed by atoms with Gasteiger partial charge in [-0.05, 0) is 44.6 Å². The maximum atomic E-state index is 3.90. The first-order valence-corrected chi connectivity index (χ1v) is 8.53. The van der Waals surface area contributed by atoms with Gasteiger partial charge in [-0.1, -0.05) is 62.4 Å². The largest absolute Gasteiger partial charge is 0.307 e. The highest BCUT2D eigenvalue weighted by molar-refractivity contribution is 5.24. The minimum absolute atomic E-state index is 0.508. The molecule has 1 fully saturated rings. The van der Waals surface area contributed by atoms with Crippen LogP contribution in [0.1, 0.15) is 76.0 Å². The zero-order valence-corrected chi connectivity index (χ0v) is 13.5. The summed E-state index contributed by atoms with van der Waals surface area (Å²) in [6, 6.07) is 10.2. The minimum atomic E-state index is 0.508. The van der Waals surface area contributed by atoms with Crippen LogP contribution in [0.5, 0.6) is 0 Å². The van der Waals surface area contributed by atoms with Crippen molar-refractivity contribution in [3.8, 4) is 0 Å². The lowest BCUT2D eigenvalue weighted by molar-refractivity contribution is 0.306. The molecule has 0 saturated heterocycles. The van der Waals surface area contributed by atoms with E-state index >= 15 is 0 Å². The van der Waals surface area contributed by atoms with E-state index in [0.717, 1.165) is 5.92 Å². The number of rotatable bonds is 5. The predicted molar refractivity (Wildman–Crippen MR) is 88.0 cm³/mol. The van der Waals surface area contributed by atoms with Crippen molar-refractivity contribution in [2.45, 2.75) is 77.8 Å². The Bertz CT molecular complexity index is 373. The molecular weight excluding hydrogens is 242 g/mol.